The summed E-state index contributed by atoms with van der Waals surface area (Å²) >= 11 is 0. The first-order valence-electron chi connectivity index (χ1n) is 8.84. The molecule has 0 aromatic heterocycles. The molecule has 0 heteroatoms. The molecular formula is C22H30. The van der Waals surface area contributed by atoms with E-state index in [1.807, 2.05) is 0 Å². The lowest BCUT2D eigenvalue weighted by atomic mass is 9.68. The highest BCUT2D eigenvalue weighted by molar-refractivity contribution is 5.99. The standard InChI is InChI=1S/C22H30/c1-6-9-15-19-21(17(7-2)8-3)20(16(4)5)22(19)18-13-11-10-12-14-18/h10-14H,6-9,15H2,1-5H3. The minimum Gasteiger partial charge on any atom is -0.0679 e. The molecule has 0 spiro atoms. The summed E-state index contributed by atoms with van der Waals surface area (Å²) < 4.78 is 0. The van der Waals surface area contributed by atoms with Crippen LogP contribution in [0.25, 0.3) is 5.57 Å². The molecule has 0 radical (unpaired) electrons. The maximum absolute atomic E-state index is 2.30. The summed E-state index contributed by atoms with van der Waals surface area (Å²) in [6.45, 7) is 11.4. The van der Waals surface area contributed by atoms with Gasteiger partial charge in [0.25, 0.3) is 0 Å². The third-order valence-corrected chi connectivity index (χ3v) is 4.65. The molecule has 0 atom stereocenters. The van der Waals surface area contributed by atoms with E-state index >= 15 is 0 Å². The maximum Gasteiger partial charge on any atom is -0.00677 e. The monoisotopic (exact) mass is 294 g/mol. The fourth-order valence-electron chi connectivity index (χ4n) is 3.51. The van der Waals surface area contributed by atoms with Crippen molar-refractivity contribution in [3.05, 3.63) is 63.8 Å². The average molecular weight is 294 g/mol. The third-order valence-electron chi connectivity index (χ3n) is 4.65. The fourth-order valence-corrected chi connectivity index (χ4v) is 3.51. The zero-order chi connectivity index (χ0) is 16.1. The molecular weight excluding hydrogens is 264 g/mol. The second-order valence-electron chi connectivity index (χ2n) is 6.38. The Bertz CT molecular complexity index is 599. The lowest BCUT2D eigenvalue weighted by Crippen LogP contribution is -2.16. The van der Waals surface area contributed by atoms with Crippen LogP contribution in [0, 0.1) is 0 Å². The summed E-state index contributed by atoms with van der Waals surface area (Å²) in [5.74, 6) is 0. The highest BCUT2D eigenvalue weighted by Crippen LogP contribution is 2.51. The van der Waals surface area contributed by atoms with E-state index in [9.17, 15) is 0 Å². The van der Waals surface area contributed by atoms with Crippen molar-refractivity contribution in [3.8, 4) is 0 Å². The van der Waals surface area contributed by atoms with Gasteiger partial charge in [-0.3, -0.25) is 0 Å². The maximum atomic E-state index is 2.30. The highest BCUT2D eigenvalue weighted by Gasteiger charge is 2.32. The SMILES string of the molecule is CCCCC1=C(c2ccccc2)C(=C(C)C)C1=C(CC)CC. The molecule has 1 aromatic rings. The van der Waals surface area contributed by atoms with E-state index in [0.29, 0.717) is 0 Å². The molecule has 22 heavy (non-hydrogen) atoms. The molecule has 0 heterocycles. The van der Waals surface area contributed by atoms with Gasteiger partial charge in [-0.25, -0.2) is 0 Å². The van der Waals surface area contributed by atoms with Gasteiger partial charge in [-0.05, 0) is 67.4 Å². The van der Waals surface area contributed by atoms with Crippen molar-refractivity contribution in [2.75, 3.05) is 0 Å². The summed E-state index contributed by atoms with van der Waals surface area (Å²) in [4.78, 5) is 0. The van der Waals surface area contributed by atoms with Crippen LogP contribution in [0.4, 0.5) is 0 Å². The second-order valence-corrected chi connectivity index (χ2v) is 6.38. The van der Waals surface area contributed by atoms with Crippen molar-refractivity contribution in [1.29, 1.82) is 0 Å². The van der Waals surface area contributed by atoms with Gasteiger partial charge in [-0.2, -0.15) is 0 Å². The molecule has 0 aliphatic heterocycles. The van der Waals surface area contributed by atoms with Crippen molar-refractivity contribution in [1.82, 2.24) is 0 Å². The Morgan fingerprint density at radius 1 is 0.864 bits per heavy atom. The van der Waals surface area contributed by atoms with E-state index in [1.54, 1.807) is 16.7 Å². The van der Waals surface area contributed by atoms with Gasteiger partial charge in [-0.1, -0.05) is 68.7 Å². The van der Waals surface area contributed by atoms with Crippen LogP contribution in [0.1, 0.15) is 72.3 Å². The third kappa shape index (κ3) is 3.11. The topological polar surface area (TPSA) is 0 Å². The van der Waals surface area contributed by atoms with E-state index in [1.165, 1.54) is 54.4 Å². The Kier molecular flexibility index (Phi) is 5.83. The van der Waals surface area contributed by atoms with Gasteiger partial charge in [0.1, 0.15) is 0 Å². The second kappa shape index (κ2) is 7.63. The van der Waals surface area contributed by atoms with Crippen molar-refractivity contribution in [2.24, 2.45) is 0 Å². The molecule has 0 N–H and O–H groups in total. The Labute approximate surface area is 136 Å². The van der Waals surface area contributed by atoms with Crippen LogP contribution in [0.5, 0.6) is 0 Å². The van der Waals surface area contributed by atoms with Gasteiger partial charge in [0.05, 0.1) is 0 Å². The van der Waals surface area contributed by atoms with E-state index in [-0.39, 0.29) is 0 Å². The zero-order valence-electron chi connectivity index (χ0n) is 14.9. The molecule has 0 amide bonds. The lowest BCUT2D eigenvalue weighted by molar-refractivity contribution is 0.781. The molecule has 1 aliphatic rings. The molecule has 0 saturated carbocycles. The molecule has 2 rings (SSSR count). The normalized spacial score (nSPS) is 14.2. The molecule has 0 bridgehead atoms. The molecule has 118 valence electrons. The van der Waals surface area contributed by atoms with E-state index in [2.05, 4.69) is 65.0 Å². The van der Waals surface area contributed by atoms with Gasteiger partial charge in [-0.15, -0.1) is 0 Å². The quantitative estimate of drug-likeness (QED) is 0.525. The number of allylic oxidation sites excluding steroid dienone is 6. The molecule has 0 saturated heterocycles. The summed E-state index contributed by atoms with van der Waals surface area (Å²) in [6, 6.07) is 10.9. The van der Waals surface area contributed by atoms with Crippen LogP contribution in [0.2, 0.25) is 0 Å². The van der Waals surface area contributed by atoms with Crippen LogP contribution in [0.3, 0.4) is 0 Å². The molecule has 0 unspecified atom stereocenters. The zero-order valence-corrected chi connectivity index (χ0v) is 14.9. The smallest absolute Gasteiger partial charge is 0.00677 e. The predicted octanol–water partition coefficient (Wildman–Crippen LogP) is 7.10. The van der Waals surface area contributed by atoms with E-state index in [4.69, 9.17) is 0 Å². The lowest BCUT2D eigenvalue weighted by Gasteiger charge is -2.35. The minimum absolute atomic E-state index is 1.17. The van der Waals surface area contributed by atoms with Gasteiger partial charge in [0.15, 0.2) is 0 Å². The predicted molar refractivity (Wildman–Crippen MR) is 98.9 cm³/mol. The van der Waals surface area contributed by atoms with Crippen molar-refractivity contribution in [3.63, 3.8) is 0 Å². The Balaban J connectivity index is 2.64. The van der Waals surface area contributed by atoms with Gasteiger partial charge in [0.2, 0.25) is 0 Å². The molecule has 0 nitrogen and oxygen atoms in total. The largest absolute Gasteiger partial charge is 0.0679 e. The van der Waals surface area contributed by atoms with Crippen LogP contribution in [0.15, 0.2) is 58.2 Å². The fraction of sp³-hybridized carbons (Fsp3) is 0.455. The first kappa shape index (κ1) is 16.8. The molecule has 0 fully saturated rings. The van der Waals surface area contributed by atoms with Crippen molar-refractivity contribution < 1.29 is 0 Å². The number of benzene rings is 1. The van der Waals surface area contributed by atoms with E-state index < -0.39 is 0 Å². The average Bonchev–Trinajstić information content (AvgIpc) is 2.51. The first-order valence-corrected chi connectivity index (χ1v) is 8.84. The summed E-state index contributed by atoms with van der Waals surface area (Å²) in [7, 11) is 0. The number of hydrogen-bond donors (Lipinski definition) is 0. The van der Waals surface area contributed by atoms with Crippen LogP contribution < -0.4 is 0 Å². The number of rotatable bonds is 6. The van der Waals surface area contributed by atoms with Crippen LogP contribution >= 0.6 is 0 Å². The summed E-state index contributed by atoms with van der Waals surface area (Å²) in [5.41, 5.74) is 10.7. The minimum atomic E-state index is 1.17. The highest BCUT2D eigenvalue weighted by atomic mass is 14.4. The molecule has 1 aromatic carbocycles. The van der Waals surface area contributed by atoms with Gasteiger partial charge >= 0.3 is 0 Å². The molecule has 1 aliphatic carbocycles. The van der Waals surface area contributed by atoms with Crippen LogP contribution in [-0.4, -0.2) is 0 Å². The van der Waals surface area contributed by atoms with Crippen molar-refractivity contribution >= 4 is 5.57 Å². The van der Waals surface area contributed by atoms with Crippen LogP contribution in [-0.2, 0) is 0 Å². The van der Waals surface area contributed by atoms with Gasteiger partial charge in [0, 0.05) is 0 Å². The Morgan fingerprint density at radius 3 is 2.00 bits per heavy atom. The van der Waals surface area contributed by atoms with Crippen molar-refractivity contribution in [2.45, 2.75) is 66.7 Å². The Morgan fingerprint density at radius 2 is 1.50 bits per heavy atom. The first-order chi connectivity index (χ1) is 10.7. The van der Waals surface area contributed by atoms with Gasteiger partial charge < -0.3 is 0 Å². The van der Waals surface area contributed by atoms with E-state index in [0.717, 1.165) is 0 Å². The number of unbranched alkanes of at least 4 members (excludes halogenated alkanes) is 1. The summed E-state index contributed by atoms with van der Waals surface area (Å²) in [6.07, 6.45) is 6.10. The number of hydrogen-bond acceptors (Lipinski definition) is 0. The Hall–Kier alpha value is -1.56. The summed E-state index contributed by atoms with van der Waals surface area (Å²) in [5, 5.41) is 0.